The maximum absolute atomic E-state index is 11.2. The van der Waals surface area contributed by atoms with E-state index in [2.05, 4.69) is 0 Å². The van der Waals surface area contributed by atoms with Gasteiger partial charge in [0.15, 0.2) is 5.78 Å². The Kier molecular flexibility index (Phi) is 9.26. The summed E-state index contributed by atoms with van der Waals surface area (Å²) in [6.07, 6.45) is 1.55. The molecule has 0 aromatic rings. The van der Waals surface area contributed by atoms with Crippen molar-refractivity contribution in [3.8, 4) is 0 Å². The Morgan fingerprint density at radius 2 is 2.00 bits per heavy atom. The van der Waals surface area contributed by atoms with Gasteiger partial charge in [0.1, 0.15) is 11.9 Å². The van der Waals surface area contributed by atoms with Crippen LogP contribution in [-0.4, -0.2) is 24.1 Å². The van der Waals surface area contributed by atoms with E-state index in [-0.39, 0.29) is 40.6 Å². The molecule has 83 valence electrons. The van der Waals surface area contributed by atoms with E-state index in [0.717, 1.165) is 0 Å². The average molecular weight is 241 g/mol. The van der Waals surface area contributed by atoms with Crippen LogP contribution >= 0.6 is 0 Å². The van der Waals surface area contributed by atoms with Crippen molar-refractivity contribution in [1.29, 1.82) is 0 Å². The standard InChI is InChI=1S/C10H18O3.Mn/c1-5-10(13-4)9(12)6-8(11)7(2)3;/h6-7,10,12H,5H2,1-4H3;/b9-6-;. The summed E-state index contributed by atoms with van der Waals surface area (Å²) in [4.78, 5) is 11.2. The summed E-state index contributed by atoms with van der Waals surface area (Å²) in [6.45, 7) is 5.47. The first-order valence-corrected chi connectivity index (χ1v) is 4.50. The predicted octanol–water partition coefficient (Wildman–Crippen LogP) is 2.08. The van der Waals surface area contributed by atoms with Crippen LogP contribution in [-0.2, 0) is 26.6 Å². The second-order valence-corrected chi connectivity index (χ2v) is 3.26. The minimum absolute atomic E-state index is 0. The Morgan fingerprint density at radius 3 is 2.29 bits per heavy atom. The molecule has 3 nitrogen and oxygen atoms in total. The van der Waals surface area contributed by atoms with Crippen molar-refractivity contribution in [2.75, 3.05) is 7.11 Å². The number of aliphatic hydroxyl groups excluding tert-OH is 1. The molecule has 1 radical (unpaired) electrons. The molecule has 0 aliphatic carbocycles. The largest absolute Gasteiger partial charge is 0.509 e. The number of ether oxygens (including phenoxy) is 1. The molecule has 0 rings (SSSR count). The van der Waals surface area contributed by atoms with Gasteiger partial charge in [0.2, 0.25) is 0 Å². The Hall–Kier alpha value is -0.311. The molecule has 1 N–H and O–H groups in total. The summed E-state index contributed by atoms with van der Waals surface area (Å²) in [5.41, 5.74) is 0. The molecule has 1 unspecified atom stereocenters. The first kappa shape index (κ1) is 16.1. The maximum atomic E-state index is 11.2. The number of ketones is 1. The second kappa shape index (κ2) is 8.04. The zero-order valence-corrected chi connectivity index (χ0v) is 10.3. The molecule has 0 spiro atoms. The first-order chi connectivity index (χ1) is 6.02. The van der Waals surface area contributed by atoms with Crippen molar-refractivity contribution in [3.05, 3.63) is 11.8 Å². The molecule has 0 amide bonds. The van der Waals surface area contributed by atoms with E-state index >= 15 is 0 Å². The summed E-state index contributed by atoms with van der Waals surface area (Å²) in [6, 6.07) is 0. The summed E-state index contributed by atoms with van der Waals surface area (Å²) in [5.74, 6) is -0.145. The fraction of sp³-hybridized carbons (Fsp3) is 0.700. The number of allylic oxidation sites excluding steroid dienone is 1. The average Bonchev–Trinajstić information content (AvgIpc) is 2.06. The number of hydrogen-bond acceptors (Lipinski definition) is 3. The number of aliphatic hydroxyl groups is 1. The Balaban J connectivity index is 0. The molecular formula is C10H18MnO3. The van der Waals surface area contributed by atoms with Crippen LogP contribution in [0.2, 0.25) is 0 Å². The number of methoxy groups -OCH3 is 1. The van der Waals surface area contributed by atoms with Gasteiger partial charge < -0.3 is 9.84 Å². The van der Waals surface area contributed by atoms with Gasteiger partial charge >= 0.3 is 0 Å². The zero-order valence-electron chi connectivity index (χ0n) is 9.08. The molecule has 0 aromatic heterocycles. The van der Waals surface area contributed by atoms with Crippen molar-refractivity contribution in [2.24, 2.45) is 5.92 Å². The molecule has 0 aliphatic rings. The zero-order chi connectivity index (χ0) is 10.4. The Morgan fingerprint density at radius 1 is 1.50 bits per heavy atom. The topological polar surface area (TPSA) is 46.5 Å². The summed E-state index contributed by atoms with van der Waals surface area (Å²) in [7, 11) is 1.51. The third-order valence-corrected chi connectivity index (χ3v) is 1.84. The normalized spacial score (nSPS) is 13.6. The minimum Gasteiger partial charge on any atom is -0.509 e. The third kappa shape index (κ3) is 5.43. The molecule has 0 aromatic carbocycles. The van der Waals surface area contributed by atoms with E-state index < -0.39 is 0 Å². The monoisotopic (exact) mass is 241 g/mol. The Bertz CT molecular complexity index is 196. The quantitative estimate of drug-likeness (QED) is 0.455. The van der Waals surface area contributed by atoms with Gasteiger partial charge in [-0.2, -0.15) is 0 Å². The molecule has 4 heteroatoms. The van der Waals surface area contributed by atoms with Crippen LogP contribution in [0.15, 0.2) is 11.8 Å². The summed E-state index contributed by atoms with van der Waals surface area (Å²) < 4.78 is 4.97. The van der Waals surface area contributed by atoms with Crippen molar-refractivity contribution >= 4 is 5.78 Å². The van der Waals surface area contributed by atoms with Crippen molar-refractivity contribution in [3.63, 3.8) is 0 Å². The fourth-order valence-electron chi connectivity index (χ4n) is 0.902. The number of carbonyl (C=O) groups excluding carboxylic acids is 1. The van der Waals surface area contributed by atoms with Crippen LogP contribution < -0.4 is 0 Å². The van der Waals surface area contributed by atoms with E-state index in [9.17, 15) is 9.90 Å². The molecule has 14 heavy (non-hydrogen) atoms. The van der Waals surface area contributed by atoms with Crippen LogP contribution in [0.5, 0.6) is 0 Å². The van der Waals surface area contributed by atoms with E-state index in [1.807, 2.05) is 6.92 Å². The van der Waals surface area contributed by atoms with Crippen LogP contribution in [0, 0.1) is 5.92 Å². The molecule has 0 bridgehead atoms. The van der Waals surface area contributed by atoms with Gasteiger partial charge in [-0.25, -0.2) is 0 Å². The summed E-state index contributed by atoms with van der Waals surface area (Å²) >= 11 is 0. The summed E-state index contributed by atoms with van der Waals surface area (Å²) in [5, 5.41) is 9.44. The van der Waals surface area contributed by atoms with Gasteiger partial charge in [-0.1, -0.05) is 20.8 Å². The predicted molar refractivity (Wildman–Crippen MR) is 51.6 cm³/mol. The number of rotatable bonds is 5. The van der Waals surface area contributed by atoms with Gasteiger partial charge in [0, 0.05) is 36.2 Å². The van der Waals surface area contributed by atoms with E-state index in [4.69, 9.17) is 4.74 Å². The van der Waals surface area contributed by atoms with Gasteiger partial charge in [-0.15, -0.1) is 0 Å². The van der Waals surface area contributed by atoms with Crippen LogP contribution in [0.4, 0.5) is 0 Å². The van der Waals surface area contributed by atoms with E-state index in [1.54, 1.807) is 13.8 Å². The van der Waals surface area contributed by atoms with Gasteiger partial charge in [-0.05, 0) is 6.42 Å². The van der Waals surface area contributed by atoms with Crippen molar-refractivity contribution < 1.29 is 31.7 Å². The first-order valence-electron chi connectivity index (χ1n) is 4.50. The van der Waals surface area contributed by atoms with Gasteiger partial charge in [-0.3, -0.25) is 4.79 Å². The third-order valence-electron chi connectivity index (χ3n) is 1.84. The molecular weight excluding hydrogens is 223 g/mol. The molecule has 0 saturated heterocycles. The van der Waals surface area contributed by atoms with Crippen LogP contribution in [0.25, 0.3) is 0 Å². The molecule has 1 atom stereocenters. The fourth-order valence-corrected chi connectivity index (χ4v) is 0.902. The van der Waals surface area contributed by atoms with Crippen LogP contribution in [0.1, 0.15) is 27.2 Å². The maximum Gasteiger partial charge on any atom is 0.161 e. The molecule has 0 fully saturated rings. The molecule has 0 saturated carbocycles. The van der Waals surface area contributed by atoms with E-state index in [1.165, 1.54) is 13.2 Å². The van der Waals surface area contributed by atoms with Gasteiger partial charge in [0.25, 0.3) is 0 Å². The smallest absolute Gasteiger partial charge is 0.161 e. The van der Waals surface area contributed by atoms with Crippen molar-refractivity contribution in [2.45, 2.75) is 33.3 Å². The van der Waals surface area contributed by atoms with Crippen LogP contribution in [0.3, 0.4) is 0 Å². The molecule has 0 aliphatic heterocycles. The van der Waals surface area contributed by atoms with Gasteiger partial charge in [0.05, 0.1) is 0 Å². The minimum atomic E-state index is -0.359. The Labute approximate surface area is 96.0 Å². The number of hydrogen-bond donors (Lipinski definition) is 1. The van der Waals surface area contributed by atoms with E-state index in [0.29, 0.717) is 6.42 Å². The second-order valence-electron chi connectivity index (χ2n) is 3.26. The molecule has 0 heterocycles. The van der Waals surface area contributed by atoms with Crippen molar-refractivity contribution in [1.82, 2.24) is 0 Å². The SMILES string of the molecule is CCC(OC)/C(O)=C/C(=O)C(C)C.[Mn]. The number of carbonyl (C=O) groups is 1.